The summed E-state index contributed by atoms with van der Waals surface area (Å²) in [5.74, 6) is 0. The van der Waals surface area contributed by atoms with E-state index >= 15 is 0 Å². The van der Waals surface area contributed by atoms with Crippen LogP contribution in [0.2, 0.25) is 0 Å². The minimum Gasteiger partial charge on any atom is -1.00 e. The van der Waals surface area contributed by atoms with Gasteiger partial charge in [0.25, 0.3) is 0 Å². The van der Waals surface area contributed by atoms with Crippen LogP contribution in [0.3, 0.4) is 0 Å². The first-order valence-corrected chi connectivity index (χ1v) is 18.3. The van der Waals surface area contributed by atoms with Gasteiger partial charge < -0.3 is 24.8 Å². The number of halogens is 2. The first-order chi connectivity index (χ1) is 22.2. The van der Waals surface area contributed by atoms with Crippen LogP contribution in [0, 0.1) is 38.1 Å². The van der Waals surface area contributed by atoms with Crippen LogP contribution in [0.4, 0.5) is 0 Å². The fourth-order valence-electron chi connectivity index (χ4n) is 4.98. The number of fused-ring (bicyclic) bond motifs is 6. The smallest absolute Gasteiger partial charge is 0.0253 e. The first-order valence-electron chi connectivity index (χ1n) is 15.8. The molecule has 0 N–H and O–H groups in total. The summed E-state index contributed by atoms with van der Waals surface area (Å²) in [6, 6.07) is 32.7. The zero-order chi connectivity index (χ0) is 33.3. The molecule has 4 aromatic rings. The number of aryl methyl sites for hydroxylation is 2. The van der Waals surface area contributed by atoms with Crippen LogP contribution in [0.5, 0.6) is 0 Å². The molecule has 0 spiro atoms. The van der Waals surface area contributed by atoms with Crippen molar-refractivity contribution < 1.29 is 73.3 Å². The Bertz CT molecular complexity index is 1580. The second-order valence-electron chi connectivity index (χ2n) is 11.8. The quantitative estimate of drug-likeness (QED) is 0.193. The van der Waals surface area contributed by atoms with Crippen molar-refractivity contribution in [2.75, 3.05) is 0 Å². The van der Waals surface area contributed by atoms with Crippen LogP contribution >= 0.6 is 0 Å². The molecule has 244 valence electrons. The third-order valence-electron chi connectivity index (χ3n) is 6.86. The van der Waals surface area contributed by atoms with Gasteiger partial charge >= 0.3 is 82.6 Å². The average Bonchev–Trinajstić information content (AvgIpc) is 3.85. The number of hydrogen-bond donors (Lipinski definition) is 0. The van der Waals surface area contributed by atoms with Crippen molar-refractivity contribution in [3.8, 4) is 22.3 Å². The predicted molar refractivity (Wildman–Crippen MR) is 192 cm³/mol. The van der Waals surface area contributed by atoms with Crippen LogP contribution in [-0.2, 0) is 61.3 Å². The Morgan fingerprint density at radius 1 is 0.562 bits per heavy atom. The van der Waals surface area contributed by atoms with Crippen LogP contribution in [0.25, 0.3) is 22.3 Å². The maximum absolute atomic E-state index is 3.36. The van der Waals surface area contributed by atoms with Gasteiger partial charge in [-0.05, 0) is 12.8 Å². The summed E-state index contributed by atoms with van der Waals surface area (Å²) < 4.78 is 3.01. The summed E-state index contributed by atoms with van der Waals surface area (Å²) >= 11 is 3.11. The van der Waals surface area contributed by atoms with E-state index < -0.39 is 0 Å². The van der Waals surface area contributed by atoms with Gasteiger partial charge in [0, 0.05) is 0 Å². The minimum atomic E-state index is 0. The predicted octanol–water partition coefficient (Wildman–Crippen LogP) is 4.84. The second-order valence-corrected chi connectivity index (χ2v) is 16.7. The molecule has 0 unspecified atom stereocenters. The Labute approximate surface area is 333 Å². The van der Waals surface area contributed by atoms with E-state index in [4.69, 9.17) is 0 Å². The van der Waals surface area contributed by atoms with Crippen molar-refractivity contribution >= 4 is 6.41 Å². The van der Waals surface area contributed by atoms with Gasteiger partial charge in [0.2, 0.25) is 0 Å². The molecular weight excluding hydrogens is 782 g/mol. The van der Waals surface area contributed by atoms with E-state index in [2.05, 4.69) is 151 Å². The molecule has 4 aromatic carbocycles. The van der Waals surface area contributed by atoms with Gasteiger partial charge in [0.05, 0.1) is 0 Å². The molecule has 0 bridgehead atoms. The van der Waals surface area contributed by atoms with E-state index in [9.17, 15) is 0 Å². The van der Waals surface area contributed by atoms with Crippen molar-refractivity contribution in [1.29, 1.82) is 0 Å². The van der Waals surface area contributed by atoms with Crippen LogP contribution < -0.4 is 24.8 Å². The molecule has 0 saturated heterocycles. The van der Waals surface area contributed by atoms with E-state index in [0.717, 1.165) is 25.7 Å². The minimum absolute atomic E-state index is 0. The number of allylic oxidation sites excluding steroid dienone is 8. The number of benzene rings is 4. The molecule has 0 heterocycles. The Kier molecular flexibility index (Phi) is 22.1. The van der Waals surface area contributed by atoms with Gasteiger partial charge in [-0.1, -0.05) is 84.6 Å². The Morgan fingerprint density at radius 3 is 1.21 bits per heavy atom. The Morgan fingerprint density at radius 2 is 0.917 bits per heavy atom. The molecule has 0 amide bonds. The maximum atomic E-state index is 3.36. The molecule has 0 fully saturated rings. The maximum Gasteiger partial charge on any atom is -0.0253 e. The van der Waals surface area contributed by atoms with Gasteiger partial charge in [-0.15, -0.1) is 24.0 Å². The summed E-state index contributed by atoms with van der Waals surface area (Å²) in [7, 11) is 0. The van der Waals surface area contributed by atoms with Gasteiger partial charge in [-0.2, -0.15) is 70.8 Å². The fraction of sp³-hybridized carbons (Fsp3) is 0.227. The molecule has 4 aliphatic rings. The third-order valence-corrected chi connectivity index (χ3v) is 6.86. The van der Waals surface area contributed by atoms with Crippen molar-refractivity contribution in [1.82, 2.24) is 0 Å². The van der Waals surface area contributed by atoms with Crippen molar-refractivity contribution in [2.24, 2.45) is 0 Å². The molecule has 4 heteroatoms. The van der Waals surface area contributed by atoms with Crippen LogP contribution in [0.1, 0.15) is 73.9 Å². The molecule has 0 radical (unpaired) electrons. The summed E-state index contributed by atoms with van der Waals surface area (Å²) in [5.41, 5.74) is 13.7. The van der Waals surface area contributed by atoms with Gasteiger partial charge in [0.15, 0.2) is 0 Å². The van der Waals surface area contributed by atoms with E-state index in [1.54, 1.807) is 48.5 Å². The van der Waals surface area contributed by atoms with Crippen LogP contribution in [0.15, 0.2) is 109 Å². The second kappa shape index (κ2) is 24.1. The fourth-order valence-corrected chi connectivity index (χ4v) is 4.98. The summed E-state index contributed by atoms with van der Waals surface area (Å²) in [4.78, 5) is 0. The van der Waals surface area contributed by atoms with E-state index in [-0.39, 0.29) is 24.8 Å². The topological polar surface area (TPSA) is 0 Å². The SMILES string of the molecule is C[C](C)=[Zr+2].C[C](C)=[Zr+2].Cc1c[c-]c2c(c1)-c1ccccc1C2.Cc1c[c-]c2c(c1)-c1ccccc1C2.[C-]1=CC=CC1.[C-]1=CC=CC1.[Cl-].[Cl-]. The summed E-state index contributed by atoms with van der Waals surface area (Å²) in [6.45, 7) is 12.7. The molecular formula is C44H44Cl2Zr2-2. The van der Waals surface area contributed by atoms with Gasteiger partial charge in [-0.3, -0.25) is 12.2 Å². The number of hydrogen-bond acceptors (Lipinski definition) is 0. The zero-order valence-corrected chi connectivity index (χ0v) is 35.4. The van der Waals surface area contributed by atoms with E-state index in [0.29, 0.717) is 0 Å². The standard InChI is InChI=1S/2C14H11.2C5H5.2C3H6.2ClH.2Zr/c2*1-10-6-7-12-9-11-4-2-3-5-13(11)14(12)8-10;2*1-2-4-5-3-1;2*1-3-2;;;;/h2*2-6,8H,9H2,1H3;2*1-3H,4H2;2*1-2H3;2*1H;;/q4*-1;;;;;2*+2/p-2. The molecule has 0 aromatic heterocycles. The third kappa shape index (κ3) is 15.6. The monoisotopic (exact) mass is 822 g/mol. The summed E-state index contributed by atoms with van der Waals surface area (Å²) in [5, 5.41) is 0. The average molecular weight is 826 g/mol. The van der Waals surface area contributed by atoms with Crippen molar-refractivity contribution in [3.05, 3.63) is 167 Å². The Hall–Kier alpha value is -2.07. The zero-order valence-electron chi connectivity index (χ0n) is 29.0. The van der Waals surface area contributed by atoms with Crippen LogP contribution in [-0.4, -0.2) is 6.41 Å². The molecule has 0 aliphatic heterocycles. The van der Waals surface area contributed by atoms with E-state index in [1.165, 1.54) is 62.0 Å². The van der Waals surface area contributed by atoms with E-state index in [1.807, 2.05) is 24.3 Å². The molecule has 0 nitrogen and oxygen atoms in total. The largest absolute Gasteiger partial charge is 1.00 e. The molecule has 48 heavy (non-hydrogen) atoms. The summed E-state index contributed by atoms with van der Waals surface area (Å²) in [6.07, 6.45) is 22.1. The first kappa shape index (κ1) is 43.9. The van der Waals surface area contributed by atoms with Gasteiger partial charge in [0.1, 0.15) is 0 Å². The normalized spacial score (nSPS) is 12.0. The Balaban J connectivity index is 0.000000314. The molecule has 0 saturated carbocycles. The molecule has 0 atom stereocenters. The van der Waals surface area contributed by atoms with Crippen molar-refractivity contribution in [2.45, 2.75) is 67.2 Å². The molecule has 4 aliphatic carbocycles. The van der Waals surface area contributed by atoms with Crippen molar-refractivity contribution in [3.63, 3.8) is 0 Å². The van der Waals surface area contributed by atoms with Gasteiger partial charge in [-0.25, -0.2) is 24.3 Å². The number of rotatable bonds is 0. The molecule has 8 rings (SSSR count).